The number of halogens is 1. The molecule has 4 aromatic rings. The van der Waals surface area contributed by atoms with Crippen LogP contribution in [0.15, 0.2) is 72.9 Å². The number of aromatic nitrogens is 1. The van der Waals surface area contributed by atoms with Crippen LogP contribution in [-0.4, -0.2) is 4.98 Å². The summed E-state index contributed by atoms with van der Waals surface area (Å²) in [7, 11) is 0. The number of rotatable bonds is 0. The van der Waals surface area contributed by atoms with Gasteiger partial charge in [0, 0.05) is 11.6 Å². The van der Waals surface area contributed by atoms with Crippen molar-refractivity contribution in [2.24, 2.45) is 0 Å². The van der Waals surface area contributed by atoms with Gasteiger partial charge < -0.3 is 0 Å². The van der Waals surface area contributed by atoms with Crippen molar-refractivity contribution in [2.45, 2.75) is 59.8 Å². The molecule has 0 atom stereocenters. The third kappa shape index (κ3) is 5.24. The molecule has 0 radical (unpaired) electrons. The van der Waals surface area contributed by atoms with Crippen molar-refractivity contribution in [3.05, 3.63) is 89.9 Å². The molecule has 0 amide bonds. The quantitative estimate of drug-likeness (QED) is 0.287. The van der Waals surface area contributed by atoms with Crippen LogP contribution < -0.4 is 0 Å². The number of nitrogens with zero attached hydrogens (tertiary/aromatic N) is 1. The Morgan fingerprint density at radius 2 is 1.27 bits per heavy atom. The standard InChI is InChI=1S/C14H16.C13H14FN.CH4/c1-14(2,3)13-10-6-8-11-7-4-5-9-12(11)13;1-13(2,3)11-8-10(14)7-9-5-4-6-15-12(9)11;/h4-10H,1-3H3;4-8H,1-3H3;1H4. The summed E-state index contributed by atoms with van der Waals surface area (Å²) in [6.45, 7) is 13.0. The molecular formula is C28H34FN. The molecule has 1 heterocycles. The topological polar surface area (TPSA) is 12.9 Å². The van der Waals surface area contributed by atoms with Crippen molar-refractivity contribution in [3.63, 3.8) is 0 Å². The van der Waals surface area contributed by atoms with Gasteiger partial charge in [0.25, 0.3) is 0 Å². The minimum Gasteiger partial charge on any atom is -0.256 e. The summed E-state index contributed by atoms with van der Waals surface area (Å²) in [5.74, 6) is -0.194. The Balaban J connectivity index is 0.000000207. The average molecular weight is 404 g/mol. The summed E-state index contributed by atoms with van der Waals surface area (Å²) >= 11 is 0. The Kier molecular flexibility index (Phi) is 7.02. The predicted molar refractivity (Wildman–Crippen MR) is 130 cm³/mol. The van der Waals surface area contributed by atoms with Crippen molar-refractivity contribution in [2.75, 3.05) is 0 Å². The highest BCUT2D eigenvalue weighted by Crippen LogP contribution is 2.30. The van der Waals surface area contributed by atoms with Gasteiger partial charge in [-0.25, -0.2) is 4.39 Å². The highest BCUT2D eigenvalue weighted by atomic mass is 19.1. The Morgan fingerprint density at radius 1 is 0.667 bits per heavy atom. The van der Waals surface area contributed by atoms with Gasteiger partial charge in [0.05, 0.1) is 5.52 Å². The molecule has 0 aliphatic carbocycles. The molecule has 0 bridgehead atoms. The lowest BCUT2D eigenvalue weighted by Crippen LogP contribution is -2.12. The van der Waals surface area contributed by atoms with Crippen molar-refractivity contribution in [1.29, 1.82) is 0 Å². The second kappa shape index (κ2) is 8.95. The zero-order valence-electron chi connectivity index (χ0n) is 18.3. The van der Waals surface area contributed by atoms with Crippen molar-refractivity contribution in [1.82, 2.24) is 4.98 Å². The van der Waals surface area contributed by atoms with Gasteiger partial charge in [0.1, 0.15) is 5.82 Å². The molecular weight excluding hydrogens is 369 g/mol. The maximum atomic E-state index is 13.4. The molecule has 158 valence electrons. The number of fused-ring (bicyclic) bond motifs is 2. The van der Waals surface area contributed by atoms with E-state index in [-0.39, 0.29) is 24.1 Å². The van der Waals surface area contributed by atoms with E-state index in [9.17, 15) is 4.39 Å². The van der Waals surface area contributed by atoms with E-state index in [2.05, 4.69) is 89.0 Å². The fraction of sp³-hybridized carbons (Fsp3) is 0.321. The van der Waals surface area contributed by atoms with Crippen molar-refractivity contribution in [3.8, 4) is 0 Å². The normalized spacial score (nSPS) is 11.6. The first-order valence-corrected chi connectivity index (χ1v) is 10.1. The third-order valence-electron chi connectivity index (χ3n) is 5.08. The van der Waals surface area contributed by atoms with Crippen LogP contribution in [-0.2, 0) is 10.8 Å². The zero-order valence-corrected chi connectivity index (χ0v) is 18.3. The molecule has 3 aromatic carbocycles. The maximum absolute atomic E-state index is 13.4. The molecule has 0 aliphatic heterocycles. The molecule has 0 aliphatic rings. The monoisotopic (exact) mass is 403 g/mol. The molecule has 0 fully saturated rings. The van der Waals surface area contributed by atoms with Gasteiger partial charge in [-0.05, 0) is 50.9 Å². The van der Waals surface area contributed by atoms with Crippen LogP contribution in [0.25, 0.3) is 21.7 Å². The summed E-state index contributed by atoms with van der Waals surface area (Å²) in [4.78, 5) is 4.32. The molecule has 1 aromatic heterocycles. The van der Waals surface area contributed by atoms with Gasteiger partial charge in [-0.3, -0.25) is 4.98 Å². The largest absolute Gasteiger partial charge is 0.256 e. The van der Waals surface area contributed by atoms with E-state index < -0.39 is 0 Å². The molecule has 30 heavy (non-hydrogen) atoms. The molecule has 0 N–H and O–H groups in total. The smallest absolute Gasteiger partial charge is 0.124 e. The molecule has 0 saturated carbocycles. The molecule has 0 spiro atoms. The summed E-state index contributed by atoms with van der Waals surface area (Å²) < 4.78 is 13.4. The first kappa shape index (κ1) is 23.5. The van der Waals surface area contributed by atoms with Gasteiger partial charge in [0.15, 0.2) is 0 Å². The number of pyridine rings is 1. The summed E-state index contributed by atoms with van der Waals surface area (Å²) in [5.41, 5.74) is 3.41. The van der Waals surface area contributed by atoms with Crippen LogP contribution in [0, 0.1) is 5.82 Å². The summed E-state index contributed by atoms with van der Waals surface area (Å²) in [6.07, 6.45) is 1.75. The van der Waals surface area contributed by atoms with E-state index >= 15 is 0 Å². The predicted octanol–water partition coefficient (Wildman–Crippen LogP) is 8.44. The Hall–Kier alpha value is -2.74. The van der Waals surface area contributed by atoms with Crippen LogP contribution in [0.2, 0.25) is 0 Å². The first-order chi connectivity index (χ1) is 13.6. The Labute approximate surface area is 181 Å². The van der Waals surface area contributed by atoms with E-state index in [1.165, 1.54) is 22.4 Å². The maximum Gasteiger partial charge on any atom is 0.124 e. The van der Waals surface area contributed by atoms with Crippen LogP contribution >= 0.6 is 0 Å². The lowest BCUT2D eigenvalue weighted by atomic mass is 9.84. The minimum absolute atomic E-state index is 0. The van der Waals surface area contributed by atoms with E-state index in [4.69, 9.17) is 0 Å². The highest BCUT2D eigenvalue weighted by Gasteiger charge is 2.18. The van der Waals surface area contributed by atoms with Crippen LogP contribution in [0.1, 0.15) is 60.1 Å². The van der Waals surface area contributed by atoms with Crippen molar-refractivity contribution < 1.29 is 4.39 Å². The summed E-state index contributed by atoms with van der Waals surface area (Å²) in [6, 6.07) is 21.9. The van der Waals surface area contributed by atoms with E-state index in [1.807, 2.05) is 12.1 Å². The van der Waals surface area contributed by atoms with Crippen LogP contribution in [0.4, 0.5) is 4.39 Å². The van der Waals surface area contributed by atoms with Crippen LogP contribution in [0.5, 0.6) is 0 Å². The summed E-state index contributed by atoms with van der Waals surface area (Å²) in [5, 5.41) is 3.57. The Morgan fingerprint density at radius 3 is 1.93 bits per heavy atom. The first-order valence-electron chi connectivity index (χ1n) is 10.1. The average Bonchev–Trinajstić information content (AvgIpc) is 2.66. The lowest BCUT2D eigenvalue weighted by Gasteiger charge is -2.21. The van der Waals surface area contributed by atoms with Crippen molar-refractivity contribution >= 4 is 21.7 Å². The van der Waals surface area contributed by atoms with Gasteiger partial charge in [-0.2, -0.15) is 0 Å². The SMILES string of the molecule is C.CC(C)(C)c1cc(F)cc2cccnc12.CC(C)(C)c1cccc2ccccc12. The van der Waals surface area contributed by atoms with Gasteiger partial charge in [0.2, 0.25) is 0 Å². The zero-order chi connectivity index (χ0) is 21.2. The second-order valence-corrected chi connectivity index (χ2v) is 9.56. The van der Waals surface area contributed by atoms with Crippen LogP contribution in [0.3, 0.4) is 0 Å². The fourth-order valence-electron chi connectivity index (χ4n) is 3.61. The van der Waals surface area contributed by atoms with Gasteiger partial charge >= 0.3 is 0 Å². The molecule has 0 saturated heterocycles. The number of benzene rings is 3. The van der Waals surface area contributed by atoms with Gasteiger partial charge in [-0.1, -0.05) is 97.5 Å². The molecule has 4 rings (SSSR count). The van der Waals surface area contributed by atoms with E-state index in [0.717, 1.165) is 16.5 Å². The molecule has 1 nitrogen and oxygen atoms in total. The molecule has 0 unspecified atom stereocenters. The number of hydrogen-bond donors (Lipinski definition) is 0. The second-order valence-electron chi connectivity index (χ2n) is 9.56. The lowest BCUT2D eigenvalue weighted by molar-refractivity contribution is 0.577. The molecule has 2 heteroatoms. The Bertz CT molecular complexity index is 1130. The van der Waals surface area contributed by atoms with E-state index in [0.29, 0.717) is 0 Å². The van der Waals surface area contributed by atoms with E-state index in [1.54, 1.807) is 12.3 Å². The fourth-order valence-corrected chi connectivity index (χ4v) is 3.61. The number of hydrogen-bond acceptors (Lipinski definition) is 1. The minimum atomic E-state index is -0.194. The third-order valence-corrected chi connectivity index (χ3v) is 5.08. The van der Waals surface area contributed by atoms with Gasteiger partial charge in [-0.15, -0.1) is 0 Å². The highest BCUT2D eigenvalue weighted by molar-refractivity contribution is 5.86.